The molecule has 27 heavy (non-hydrogen) atoms. The maximum atomic E-state index is 12.9. The Morgan fingerprint density at radius 3 is 2.37 bits per heavy atom. The summed E-state index contributed by atoms with van der Waals surface area (Å²) >= 11 is 0. The number of likely N-dealkylation sites (N-methyl/N-ethyl adjacent to an activating group) is 1. The Kier molecular flexibility index (Phi) is 6.65. The number of halogens is 1. The Hall–Kier alpha value is -3.22. The summed E-state index contributed by atoms with van der Waals surface area (Å²) in [5.74, 6) is -0.719. The van der Waals surface area contributed by atoms with Gasteiger partial charge in [0.05, 0.1) is 20.1 Å². The largest absolute Gasteiger partial charge is 0.496 e. The molecule has 6 nitrogen and oxygen atoms in total. The highest BCUT2D eigenvalue weighted by atomic mass is 19.1. The number of ketones is 1. The first-order valence-corrected chi connectivity index (χ1v) is 8.27. The summed E-state index contributed by atoms with van der Waals surface area (Å²) in [6.07, 6.45) is -0.00930. The average molecular weight is 372 g/mol. The van der Waals surface area contributed by atoms with Gasteiger partial charge in [0.2, 0.25) is 11.8 Å². The molecule has 2 aromatic carbocycles. The van der Waals surface area contributed by atoms with Gasteiger partial charge in [-0.15, -0.1) is 0 Å². The number of carbonyl (C=O) groups excluding carboxylic acids is 3. The zero-order chi connectivity index (χ0) is 20.0. The van der Waals surface area contributed by atoms with Crippen molar-refractivity contribution in [1.29, 1.82) is 0 Å². The van der Waals surface area contributed by atoms with Crippen LogP contribution in [0.1, 0.15) is 22.8 Å². The predicted octanol–water partition coefficient (Wildman–Crippen LogP) is 2.68. The van der Waals surface area contributed by atoms with Gasteiger partial charge in [0.1, 0.15) is 11.6 Å². The van der Waals surface area contributed by atoms with Crippen LogP contribution in [0.2, 0.25) is 0 Å². The molecule has 0 atom stereocenters. The number of Topliss-reactive ketones (excluding diaryl/α,β-unsaturated/α-hetero) is 1. The quantitative estimate of drug-likeness (QED) is 0.758. The van der Waals surface area contributed by atoms with Gasteiger partial charge >= 0.3 is 0 Å². The molecule has 0 spiro atoms. The van der Waals surface area contributed by atoms with E-state index in [2.05, 4.69) is 5.32 Å². The molecule has 1 N–H and O–H groups in total. The Balaban J connectivity index is 2.00. The number of methoxy groups -OCH3 is 1. The van der Waals surface area contributed by atoms with E-state index in [-0.39, 0.29) is 24.7 Å². The number of nitrogens with zero attached hydrogens (tertiary/aromatic N) is 1. The molecule has 142 valence electrons. The third-order valence-corrected chi connectivity index (χ3v) is 3.96. The van der Waals surface area contributed by atoms with Gasteiger partial charge in [-0.05, 0) is 49.4 Å². The number of rotatable bonds is 7. The third kappa shape index (κ3) is 5.64. The Labute approximate surface area is 156 Å². The third-order valence-electron chi connectivity index (χ3n) is 3.96. The second-order valence-electron chi connectivity index (χ2n) is 6.06. The highest BCUT2D eigenvalue weighted by molar-refractivity contribution is 5.96. The van der Waals surface area contributed by atoms with Gasteiger partial charge in [0.25, 0.3) is 0 Å². The lowest BCUT2D eigenvalue weighted by Crippen LogP contribution is -2.35. The molecule has 0 fully saturated rings. The van der Waals surface area contributed by atoms with E-state index in [1.165, 1.54) is 50.2 Å². The van der Waals surface area contributed by atoms with E-state index in [0.29, 0.717) is 22.6 Å². The number of anilines is 1. The smallest absolute Gasteiger partial charge is 0.243 e. The minimum atomic E-state index is -0.401. The number of amides is 2. The van der Waals surface area contributed by atoms with Gasteiger partial charge in [-0.3, -0.25) is 14.4 Å². The summed E-state index contributed by atoms with van der Waals surface area (Å²) in [6.45, 7) is 1.28. The predicted molar refractivity (Wildman–Crippen MR) is 99.4 cm³/mol. The summed E-state index contributed by atoms with van der Waals surface area (Å²) in [5.41, 5.74) is 1.49. The fourth-order valence-electron chi connectivity index (χ4n) is 2.47. The van der Waals surface area contributed by atoms with Crippen molar-refractivity contribution in [2.24, 2.45) is 0 Å². The van der Waals surface area contributed by atoms with E-state index in [1.54, 1.807) is 18.2 Å². The van der Waals surface area contributed by atoms with Crippen LogP contribution in [-0.2, 0) is 16.0 Å². The summed E-state index contributed by atoms with van der Waals surface area (Å²) < 4.78 is 18.1. The van der Waals surface area contributed by atoms with Crippen LogP contribution in [0.3, 0.4) is 0 Å². The zero-order valence-electron chi connectivity index (χ0n) is 15.4. The summed E-state index contributed by atoms with van der Waals surface area (Å²) in [5, 5.41) is 2.60. The first-order chi connectivity index (χ1) is 12.8. The molecular weight excluding hydrogens is 351 g/mol. The van der Waals surface area contributed by atoms with Gasteiger partial charge in [0, 0.05) is 23.9 Å². The molecule has 0 aliphatic rings. The zero-order valence-corrected chi connectivity index (χ0v) is 15.4. The number of benzene rings is 2. The van der Waals surface area contributed by atoms with Crippen molar-refractivity contribution in [3.05, 3.63) is 59.4 Å². The van der Waals surface area contributed by atoms with E-state index in [1.807, 2.05) is 0 Å². The van der Waals surface area contributed by atoms with E-state index in [9.17, 15) is 18.8 Å². The molecule has 0 saturated heterocycles. The molecule has 7 heteroatoms. The molecule has 2 amide bonds. The molecule has 2 rings (SSSR count). The normalized spacial score (nSPS) is 10.2. The molecule has 0 heterocycles. The lowest BCUT2D eigenvalue weighted by atomic mass is 10.0. The van der Waals surface area contributed by atoms with Crippen LogP contribution in [0.15, 0.2) is 42.5 Å². The first-order valence-electron chi connectivity index (χ1n) is 8.27. The van der Waals surface area contributed by atoms with Crippen LogP contribution >= 0.6 is 0 Å². The van der Waals surface area contributed by atoms with Crippen LogP contribution in [0.25, 0.3) is 0 Å². The van der Waals surface area contributed by atoms with E-state index < -0.39 is 11.7 Å². The van der Waals surface area contributed by atoms with Gasteiger partial charge in [-0.2, -0.15) is 0 Å². The van der Waals surface area contributed by atoms with E-state index in [4.69, 9.17) is 4.74 Å². The molecular formula is C20H21FN2O4. The fraction of sp³-hybridized carbons (Fsp3) is 0.250. The lowest BCUT2D eigenvalue weighted by molar-refractivity contribution is -0.132. The average Bonchev–Trinajstić information content (AvgIpc) is 2.63. The maximum absolute atomic E-state index is 12.9. The summed E-state index contributed by atoms with van der Waals surface area (Å²) in [6, 6.07) is 10.2. The van der Waals surface area contributed by atoms with Gasteiger partial charge < -0.3 is 15.0 Å². The van der Waals surface area contributed by atoms with Crippen molar-refractivity contribution >= 4 is 23.3 Å². The number of hydrogen-bond donors (Lipinski definition) is 1. The molecule has 0 unspecified atom stereocenters. The van der Waals surface area contributed by atoms with Gasteiger partial charge in [0.15, 0.2) is 5.78 Å². The molecule has 0 saturated carbocycles. The van der Waals surface area contributed by atoms with Crippen LogP contribution < -0.4 is 10.1 Å². The van der Waals surface area contributed by atoms with Crippen molar-refractivity contribution in [3.8, 4) is 5.75 Å². The summed E-state index contributed by atoms with van der Waals surface area (Å²) in [4.78, 5) is 37.3. The lowest BCUT2D eigenvalue weighted by Gasteiger charge is -2.18. The van der Waals surface area contributed by atoms with Crippen molar-refractivity contribution < 1.29 is 23.5 Å². The minimum Gasteiger partial charge on any atom is -0.496 e. The molecule has 0 bridgehead atoms. The summed E-state index contributed by atoms with van der Waals surface area (Å²) in [7, 11) is 2.99. The second-order valence-corrected chi connectivity index (χ2v) is 6.06. The second kappa shape index (κ2) is 8.93. The number of carbonyl (C=O) groups is 3. The molecule has 0 aromatic heterocycles. The fourth-order valence-corrected chi connectivity index (χ4v) is 2.47. The Morgan fingerprint density at radius 1 is 1.11 bits per heavy atom. The highest BCUT2D eigenvalue weighted by Crippen LogP contribution is 2.21. The first kappa shape index (κ1) is 20.1. The van der Waals surface area contributed by atoms with Gasteiger partial charge in [-0.1, -0.05) is 0 Å². The van der Waals surface area contributed by atoms with Crippen LogP contribution in [0, 0.1) is 5.82 Å². The van der Waals surface area contributed by atoms with Crippen LogP contribution in [0.5, 0.6) is 5.75 Å². The van der Waals surface area contributed by atoms with E-state index >= 15 is 0 Å². The van der Waals surface area contributed by atoms with Crippen LogP contribution in [-0.4, -0.2) is 43.2 Å². The molecule has 0 aliphatic heterocycles. The van der Waals surface area contributed by atoms with E-state index in [0.717, 1.165) is 0 Å². The standard InChI is InChI=1S/C20H21FN2O4/c1-13(24)14-4-9-18(27-3)15(10-14)11-20(26)23(2)12-19(25)22-17-7-5-16(21)6-8-17/h4-10H,11-12H2,1-3H3,(H,22,25). The molecule has 0 aliphatic carbocycles. The Bertz CT molecular complexity index is 850. The number of hydrogen-bond acceptors (Lipinski definition) is 4. The number of nitrogens with one attached hydrogen (secondary N) is 1. The Morgan fingerprint density at radius 2 is 1.78 bits per heavy atom. The van der Waals surface area contributed by atoms with Crippen LogP contribution in [0.4, 0.5) is 10.1 Å². The molecule has 2 aromatic rings. The highest BCUT2D eigenvalue weighted by Gasteiger charge is 2.17. The molecule has 0 radical (unpaired) electrons. The van der Waals surface area contributed by atoms with Crippen molar-refractivity contribution in [3.63, 3.8) is 0 Å². The topological polar surface area (TPSA) is 75.7 Å². The van der Waals surface area contributed by atoms with Crippen molar-refractivity contribution in [2.45, 2.75) is 13.3 Å². The monoisotopic (exact) mass is 372 g/mol. The van der Waals surface area contributed by atoms with Gasteiger partial charge in [-0.25, -0.2) is 4.39 Å². The van der Waals surface area contributed by atoms with Crippen molar-refractivity contribution in [1.82, 2.24) is 4.90 Å². The SMILES string of the molecule is COc1ccc(C(C)=O)cc1CC(=O)N(C)CC(=O)Nc1ccc(F)cc1. The number of ether oxygens (including phenoxy) is 1. The minimum absolute atomic E-state index is 0.00930. The van der Waals surface area contributed by atoms with Crippen molar-refractivity contribution in [2.75, 3.05) is 26.0 Å². The maximum Gasteiger partial charge on any atom is 0.243 e.